The number of amides is 1. The zero-order valence-corrected chi connectivity index (χ0v) is 20.0. The Hall–Kier alpha value is -3.41. The van der Waals surface area contributed by atoms with Gasteiger partial charge in [0.25, 0.3) is 5.91 Å². The second-order valence-electron chi connectivity index (χ2n) is 8.50. The summed E-state index contributed by atoms with van der Waals surface area (Å²) in [7, 11) is -2.30. The summed E-state index contributed by atoms with van der Waals surface area (Å²) < 4.78 is 36.2. The highest BCUT2D eigenvalue weighted by molar-refractivity contribution is 7.88. The number of fused-ring (bicyclic) bond motifs is 2. The largest absolute Gasteiger partial charge is 0.455 e. The van der Waals surface area contributed by atoms with E-state index in [0.29, 0.717) is 45.7 Å². The molecular formula is C23H25N5O5S. The molecular weight excluding hydrogens is 458 g/mol. The molecule has 0 spiro atoms. The Morgan fingerprint density at radius 1 is 1.24 bits per heavy atom. The Bertz CT molecular complexity index is 1560. The smallest absolute Gasteiger partial charge is 0.305 e. The fourth-order valence-electron chi connectivity index (χ4n) is 4.44. The lowest BCUT2D eigenvalue weighted by Gasteiger charge is -2.43. The number of β-amino-alcohol motifs (C(OH)–C–C–N with tert-alkyl or cyclic N) is 1. The Labute approximate surface area is 196 Å². The monoisotopic (exact) mass is 483 g/mol. The Morgan fingerprint density at radius 3 is 2.68 bits per heavy atom. The maximum absolute atomic E-state index is 13.0. The van der Waals surface area contributed by atoms with Crippen molar-refractivity contribution in [2.75, 3.05) is 13.6 Å². The van der Waals surface area contributed by atoms with Gasteiger partial charge in [-0.05, 0) is 50.6 Å². The molecule has 10 nitrogen and oxygen atoms in total. The van der Waals surface area contributed by atoms with Crippen molar-refractivity contribution >= 4 is 32.5 Å². The van der Waals surface area contributed by atoms with E-state index < -0.39 is 16.3 Å². The summed E-state index contributed by atoms with van der Waals surface area (Å²) in [5, 5.41) is 14.8. The van der Waals surface area contributed by atoms with E-state index in [2.05, 4.69) is 9.82 Å². The highest BCUT2D eigenvalue weighted by Gasteiger charge is 2.38. The molecule has 2 N–H and O–H groups in total. The van der Waals surface area contributed by atoms with Crippen LogP contribution in [0.15, 0.2) is 42.7 Å². The quantitative estimate of drug-likeness (QED) is 0.449. The highest BCUT2D eigenvalue weighted by Crippen LogP contribution is 2.33. The van der Waals surface area contributed by atoms with Crippen LogP contribution in [0.5, 0.6) is 11.5 Å². The molecule has 4 heterocycles. The second-order valence-corrected chi connectivity index (χ2v) is 10.2. The van der Waals surface area contributed by atoms with Gasteiger partial charge in [0.2, 0.25) is 0 Å². The third-order valence-electron chi connectivity index (χ3n) is 6.44. The van der Waals surface area contributed by atoms with E-state index in [-0.39, 0.29) is 11.9 Å². The van der Waals surface area contributed by atoms with Gasteiger partial charge >= 0.3 is 10.2 Å². The van der Waals surface area contributed by atoms with Crippen molar-refractivity contribution < 1.29 is 23.1 Å². The average molecular weight is 484 g/mol. The molecule has 178 valence electrons. The maximum Gasteiger partial charge on any atom is 0.305 e. The maximum atomic E-state index is 13.0. The summed E-state index contributed by atoms with van der Waals surface area (Å²) in [6.07, 6.45) is 2.76. The van der Waals surface area contributed by atoms with Gasteiger partial charge in [-0.25, -0.2) is 13.2 Å². The average Bonchev–Trinajstić information content (AvgIpc) is 3.33. The minimum absolute atomic E-state index is 0.157. The van der Waals surface area contributed by atoms with Crippen LogP contribution in [0.4, 0.5) is 0 Å². The first kappa shape index (κ1) is 22.4. The highest BCUT2D eigenvalue weighted by atomic mass is 32.2. The van der Waals surface area contributed by atoms with E-state index in [9.17, 15) is 18.3 Å². The summed E-state index contributed by atoms with van der Waals surface area (Å²) in [6, 6.07) is 8.44. The summed E-state index contributed by atoms with van der Waals surface area (Å²) in [5.41, 5.74) is 3.00. The molecule has 34 heavy (non-hydrogen) atoms. The lowest BCUT2D eigenvalue weighted by atomic mass is 9.99. The first-order valence-corrected chi connectivity index (χ1v) is 12.3. The molecule has 3 aromatic heterocycles. The molecule has 0 unspecified atom stereocenters. The molecule has 1 aliphatic heterocycles. The Morgan fingerprint density at radius 2 is 2.00 bits per heavy atom. The molecule has 1 aromatic carbocycles. The van der Waals surface area contributed by atoms with Crippen LogP contribution in [0.3, 0.4) is 0 Å². The summed E-state index contributed by atoms with van der Waals surface area (Å²) in [5.74, 6) is 0.880. The van der Waals surface area contributed by atoms with Crippen molar-refractivity contribution in [2.24, 2.45) is 0 Å². The van der Waals surface area contributed by atoms with Crippen LogP contribution in [0, 0.1) is 13.8 Å². The van der Waals surface area contributed by atoms with Gasteiger partial charge < -0.3 is 14.7 Å². The molecule has 0 saturated carbocycles. The van der Waals surface area contributed by atoms with E-state index in [1.54, 1.807) is 59.1 Å². The van der Waals surface area contributed by atoms with Gasteiger partial charge in [-0.15, -0.1) is 0 Å². The number of aliphatic hydroxyl groups is 1. The third-order valence-corrected chi connectivity index (χ3v) is 7.92. The minimum atomic E-state index is -3.67. The normalized spacial score (nSPS) is 18.4. The van der Waals surface area contributed by atoms with E-state index in [1.807, 2.05) is 13.8 Å². The molecule has 2 atom stereocenters. The number of aryl methyl sites for hydroxylation is 2. The molecule has 0 aliphatic carbocycles. The first-order valence-electron chi connectivity index (χ1n) is 10.8. The Balaban J connectivity index is 1.52. The fourth-order valence-corrected chi connectivity index (χ4v) is 5.48. The van der Waals surface area contributed by atoms with Crippen molar-refractivity contribution in [2.45, 2.75) is 32.9 Å². The van der Waals surface area contributed by atoms with Gasteiger partial charge in [-0.1, -0.05) is 0 Å². The number of likely N-dealkylation sites (tertiary alicyclic amines) is 1. The number of rotatable bonds is 5. The topological polar surface area (TPSA) is 118 Å². The number of nitrogens with zero attached hydrogens (tertiary/aromatic N) is 4. The number of aliphatic hydroxyl groups excluding tert-OH is 1. The summed E-state index contributed by atoms with van der Waals surface area (Å²) in [4.78, 5) is 14.6. The van der Waals surface area contributed by atoms with Crippen LogP contribution < -0.4 is 9.46 Å². The van der Waals surface area contributed by atoms with Crippen LogP contribution >= 0.6 is 0 Å². The second kappa shape index (κ2) is 7.83. The predicted octanol–water partition coefficient (Wildman–Crippen LogP) is 2.22. The first-order chi connectivity index (χ1) is 16.1. The Kier molecular flexibility index (Phi) is 5.15. The lowest BCUT2D eigenvalue weighted by Crippen LogP contribution is -2.60. The number of hydrogen-bond donors (Lipinski definition) is 2. The van der Waals surface area contributed by atoms with E-state index >= 15 is 0 Å². The lowest BCUT2D eigenvalue weighted by molar-refractivity contribution is -0.0357. The molecule has 0 radical (unpaired) electrons. The molecule has 4 aromatic rings. The number of ether oxygens (including phenoxy) is 1. The van der Waals surface area contributed by atoms with Crippen LogP contribution in [-0.2, 0) is 10.2 Å². The van der Waals surface area contributed by atoms with Gasteiger partial charge in [0.15, 0.2) is 5.75 Å². The van der Waals surface area contributed by atoms with Crippen molar-refractivity contribution in [1.29, 1.82) is 0 Å². The van der Waals surface area contributed by atoms with Gasteiger partial charge in [-0.3, -0.25) is 4.79 Å². The van der Waals surface area contributed by atoms with E-state index in [1.165, 1.54) is 11.0 Å². The summed E-state index contributed by atoms with van der Waals surface area (Å²) in [6.45, 7) is 5.69. The molecule has 1 amide bonds. The SMILES string of the molecule is CNS(=O)(=O)n1c(C)cc2cc(Oc3ccnn4cc(C(=O)N5C[C@@H](O)[C@H]5C)c(C)c34)ccc21. The number of benzene rings is 1. The number of hydrogen-bond acceptors (Lipinski definition) is 6. The number of carbonyl (C=O) groups is 1. The standard InChI is InChI=1S/C23H25N5O5S/c1-13-9-16-10-17(5-6-19(16)28(13)34(31,32)24-4)33-21-7-8-25-27-11-18(14(2)22(21)27)23(30)26-12-20(29)15(26)3/h5-11,15,20,24,29H,12H2,1-4H3/t15-,20-/m1/s1. The molecule has 1 fully saturated rings. The van der Waals surface area contributed by atoms with Crippen molar-refractivity contribution in [3.05, 3.63) is 59.5 Å². The molecule has 11 heteroatoms. The van der Waals surface area contributed by atoms with E-state index in [4.69, 9.17) is 4.74 Å². The summed E-state index contributed by atoms with van der Waals surface area (Å²) >= 11 is 0. The number of carbonyl (C=O) groups excluding carboxylic acids is 1. The van der Waals surface area contributed by atoms with Crippen LogP contribution in [0.2, 0.25) is 0 Å². The van der Waals surface area contributed by atoms with Gasteiger partial charge in [0, 0.05) is 36.9 Å². The van der Waals surface area contributed by atoms with Gasteiger partial charge in [0.1, 0.15) is 11.3 Å². The van der Waals surface area contributed by atoms with Crippen LogP contribution in [0.25, 0.3) is 16.4 Å². The van der Waals surface area contributed by atoms with E-state index in [0.717, 1.165) is 5.56 Å². The number of nitrogens with one attached hydrogen (secondary N) is 1. The van der Waals surface area contributed by atoms with Gasteiger partial charge in [0.05, 0.1) is 29.4 Å². The molecule has 1 aliphatic rings. The van der Waals surface area contributed by atoms with Crippen LogP contribution in [-0.4, -0.2) is 63.7 Å². The minimum Gasteiger partial charge on any atom is -0.455 e. The number of aromatic nitrogens is 3. The molecule has 5 rings (SSSR count). The van der Waals surface area contributed by atoms with Crippen molar-refractivity contribution in [3.63, 3.8) is 0 Å². The predicted molar refractivity (Wildman–Crippen MR) is 127 cm³/mol. The molecule has 0 bridgehead atoms. The van der Waals surface area contributed by atoms with Crippen LogP contribution in [0.1, 0.15) is 28.5 Å². The van der Waals surface area contributed by atoms with Crippen molar-refractivity contribution in [1.82, 2.24) is 23.2 Å². The molecule has 1 saturated heterocycles. The zero-order valence-electron chi connectivity index (χ0n) is 19.2. The van der Waals surface area contributed by atoms with Gasteiger partial charge in [-0.2, -0.15) is 13.5 Å². The fraction of sp³-hybridized carbons (Fsp3) is 0.304. The third kappa shape index (κ3) is 3.35. The zero-order chi connectivity index (χ0) is 24.4. The van der Waals surface area contributed by atoms with Crippen molar-refractivity contribution in [3.8, 4) is 11.5 Å².